The molecule has 0 atom stereocenters. The second kappa shape index (κ2) is 5.91. The number of aliphatic hydroxyl groups excluding tert-OH is 1. The minimum Gasteiger partial charge on any atom is -0.482 e. The average molecular weight is 335 g/mol. The molecule has 1 aromatic carbocycles. The monoisotopic (exact) mass is 333 g/mol. The van der Waals surface area contributed by atoms with E-state index in [-0.39, 0.29) is 25.0 Å². The molecule has 18 heavy (non-hydrogen) atoms. The number of hydrogen-bond acceptors (Lipinski definition) is 3. The molecular weight excluding hydrogens is 321 g/mol. The number of halogens is 2. The molecule has 1 aliphatic rings. The highest BCUT2D eigenvalue weighted by molar-refractivity contribution is 9.10. The van der Waals surface area contributed by atoms with Crippen molar-refractivity contribution in [2.45, 2.75) is 0 Å². The van der Waals surface area contributed by atoms with E-state index in [0.29, 0.717) is 23.9 Å². The van der Waals surface area contributed by atoms with Crippen LogP contribution in [-0.2, 0) is 4.79 Å². The summed E-state index contributed by atoms with van der Waals surface area (Å²) in [6, 6.07) is 5.23. The summed E-state index contributed by atoms with van der Waals surface area (Å²) in [5, 5.41) is 9.33. The molecule has 0 spiro atoms. The van der Waals surface area contributed by atoms with E-state index in [1.54, 1.807) is 23.1 Å². The number of ether oxygens (including phenoxy) is 1. The molecule has 2 rings (SSSR count). The zero-order valence-corrected chi connectivity index (χ0v) is 11.9. The smallest absolute Gasteiger partial charge is 0.260 e. The van der Waals surface area contributed by atoms with E-state index < -0.39 is 0 Å². The van der Waals surface area contributed by atoms with Crippen LogP contribution in [0.15, 0.2) is 22.7 Å². The molecule has 1 heterocycles. The quantitative estimate of drug-likeness (QED) is 0.915. The largest absolute Gasteiger partial charge is 0.482 e. The summed E-state index contributed by atoms with van der Waals surface area (Å²) in [6.45, 7) is 1.31. The summed E-state index contributed by atoms with van der Waals surface area (Å²) < 4.78 is 6.23. The van der Waals surface area contributed by atoms with Gasteiger partial charge in [0.05, 0.1) is 5.02 Å². The summed E-state index contributed by atoms with van der Waals surface area (Å²) in [5.74, 6) is 0.622. The van der Waals surface area contributed by atoms with E-state index in [1.165, 1.54) is 0 Å². The predicted octanol–water partition coefficient (Wildman–Crippen LogP) is 1.93. The van der Waals surface area contributed by atoms with Gasteiger partial charge in [0.2, 0.25) is 0 Å². The van der Waals surface area contributed by atoms with Crippen LogP contribution in [0.4, 0.5) is 0 Å². The fourth-order valence-electron chi connectivity index (χ4n) is 1.71. The standard InChI is InChI=1S/C12H13BrClNO3/c13-9-1-2-11(10(14)3-9)18-7-12(17)15-4-8(5-15)6-16/h1-3,8,16H,4-7H2. The van der Waals surface area contributed by atoms with Crippen LogP contribution in [0.25, 0.3) is 0 Å². The van der Waals surface area contributed by atoms with Crippen LogP contribution in [0.5, 0.6) is 5.75 Å². The SMILES string of the molecule is O=C(COc1ccc(Br)cc1Cl)N1CC(CO)C1. The van der Waals surface area contributed by atoms with Gasteiger partial charge in [-0.15, -0.1) is 0 Å². The maximum absolute atomic E-state index is 11.7. The zero-order chi connectivity index (χ0) is 13.1. The van der Waals surface area contributed by atoms with Crippen molar-refractivity contribution in [2.24, 2.45) is 5.92 Å². The molecule has 1 saturated heterocycles. The van der Waals surface area contributed by atoms with Crippen molar-refractivity contribution in [3.8, 4) is 5.75 Å². The van der Waals surface area contributed by atoms with E-state index in [1.807, 2.05) is 0 Å². The molecule has 1 aliphatic heterocycles. The van der Waals surface area contributed by atoms with Crippen LogP contribution in [0.3, 0.4) is 0 Å². The van der Waals surface area contributed by atoms with Crippen molar-refractivity contribution in [2.75, 3.05) is 26.3 Å². The Balaban J connectivity index is 1.83. The van der Waals surface area contributed by atoms with Crippen LogP contribution in [-0.4, -0.2) is 42.2 Å². The van der Waals surface area contributed by atoms with Crippen LogP contribution in [0, 0.1) is 5.92 Å². The van der Waals surface area contributed by atoms with Gasteiger partial charge in [0.1, 0.15) is 5.75 Å². The maximum atomic E-state index is 11.7. The molecule has 0 aromatic heterocycles. The Morgan fingerprint density at radius 1 is 1.56 bits per heavy atom. The van der Waals surface area contributed by atoms with Gasteiger partial charge in [-0.2, -0.15) is 0 Å². The first-order valence-electron chi connectivity index (χ1n) is 5.56. The van der Waals surface area contributed by atoms with Crippen molar-refractivity contribution in [1.29, 1.82) is 0 Å². The molecule has 0 unspecified atom stereocenters. The van der Waals surface area contributed by atoms with Crippen molar-refractivity contribution in [1.82, 2.24) is 4.90 Å². The van der Waals surface area contributed by atoms with Gasteiger partial charge in [0.25, 0.3) is 5.91 Å². The number of nitrogens with zero attached hydrogens (tertiary/aromatic N) is 1. The van der Waals surface area contributed by atoms with Crippen molar-refractivity contribution >= 4 is 33.4 Å². The third kappa shape index (κ3) is 3.16. The number of hydrogen-bond donors (Lipinski definition) is 1. The topological polar surface area (TPSA) is 49.8 Å². The molecule has 1 fully saturated rings. The summed E-state index contributed by atoms with van der Waals surface area (Å²) in [5.41, 5.74) is 0. The molecule has 0 aliphatic carbocycles. The van der Waals surface area contributed by atoms with Gasteiger partial charge >= 0.3 is 0 Å². The molecule has 0 radical (unpaired) electrons. The van der Waals surface area contributed by atoms with Gasteiger partial charge in [-0.25, -0.2) is 0 Å². The molecule has 1 amide bonds. The third-order valence-corrected chi connectivity index (χ3v) is 3.60. The fourth-order valence-corrected chi connectivity index (χ4v) is 2.44. The number of likely N-dealkylation sites (tertiary alicyclic amines) is 1. The maximum Gasteiger partial charge on any atom is 0.260 e. The minimum absolute atomic E-state index is 0.0283. The first kappa shape index (κ1) is 13.6. The predicted molar refractivity (Wildman–Crippen MR) is 71.8 cm³/mol. The van der Waals surface area contributed by atoms with Gasteiger partial charge in [-0.3, -0.25) is 4.79 Å². The minimum atomic E-state index is -0.0846. The van der Waals surface area contributed by atoms with E-state index in [4.69, 9.17) is 21.4 Å². The first-order valence-corrected chi connectivity index (χ1v) is 6.73. The van der Waals surface area contributed by atoms with Crippen LogP contribution >= 0.6 is 27.5 Å². The van der Waals surface area contributed by atoms with E-state index in [2.05, 4.69) is 15.9 Å². The molecule has 1 N–H and O–H groups in total. The lowest BCUT2D eigenvalue weighted by Crippen LogP contribution is -2.52. The Hall–Kier alpha value is -0.780. The second-order valence-electron chi connectivity index (χ2n) is 4.21. The lowest BCUT2D eigenvalue weighted by molar-refractivity contribution is -0.140. The molecular formula is C12H13BrClNO3. The van der Waals surface area contributed by atoms with Crippen LogP contribution in [0.1, 0.15) is 0 Å². The van der Waals surface area contributed by atoms with Gasteiger partial charge in [-0.05, 0) is 18.2 Å². The fraction of sp³-hybridized carbons (Fsp3) is 0.417. The number of carbonyl (C=O) groups excluding carboxylic acids is 1. The Morgan fingerprint density at radius 2 is 2.28 bits per heavy atom. The van der Waals surface area contributed by atoms with Gasteiger partial charge < -0.3 is 14.7 Å². The first-order chi connectivity index (χ1) is 8.60. The number of amides is 1. The highest BCUT2D eigenvalue weighted by Crippen LogP contribution is 2.27. The normalized spacial score (nSPS) is 15.4. The molecule has 0 bridgehead atoms. The summed E-state index contributed by atoms with van der Waals surface area (Å²) in [4.78, 5) is 13.4. The Labute approximate surface area is 119 Å². The molecule has 1 aromatic rings. The van der Waals surface area contributed by atoms with Crippen molar-refractivity contribution in [3.63, 3.8) is 0 Å². The third-order valence-electron chi connectivity index (χ3n) is 2.81. The van der Waals surface area contributed by atoms with Crippen LogP contribution < -0.4 is 4.74 Å². The van der Waals surface area contributed by atoms with Crippen molar-refractivity contribution < 1.29 is 14.6 Å². The van der Waals surface area contributed by atoms with Crippen molar-refractivity contribution in [3.05, 3.63) is 27.7 Å². The number of carbonyl (C=O) groups is 1. The molecule has 0 saturated carbocycles. The number of aliphatic hydroxyl groups is 1. The van der Waals surface area contributed by atoms with Gasteiger partial charge in [0.15, 0.2) is 6.61 Å². The summed E-state index contributed by atoms with van der Waals surface area (Å²) in [6.07, 6.45) is 0. The van der Waals surface area contributed by atoms with Gasteiger partial charge in [-0.1, -0.05) is 27.5 Å². The number of rotatable bonds is 4. The van der Waals surface area contributed by atoms with E-state index >= 15 is 0 Å². The molecule has 6 heteroatoms. The Kier molecular flexibility index (Phi) is 4.48. The Bertz CT molecular complexity index is 449. The van der Waals surface area contributed by atoms with E-state index in [9.17, 15) is 4.79 Å². The second-order valence-corrected chi connectivity index (χ2v) is 5.53. The molecule has 4 nitrogen and oxygen atoms in total. The van der Waals surface area contributed by atoms with Gasteiger partial charge in [0, 0.05) is 30.1 Å². The zero-order valence-electron chi connectivity index (χ0n) is 9.60. The van der Waals surface area contributed by atoms with E-state index in [0.717, 1.165) is 4.47 Å². The highest BCUT2D eigenvalue weighted by atomic mass is 79.9. The lowest BCUT2D eigenvalue weighted by atomic mass is 10.0. The van der Waals surface area contributed by atoms with Crippen LogP contribution in [0.2, 0.25) is 5.02 Å². The molecule has 98 valence electrons. The highest BCUT2D eigenvalue weighted by Gasteiger charge is 2.29. The average Bonchev–Trinajstić information content (AvgIpc) is 2.26. The summed E-state index contributed by atoms with van der Waals surface area (Å²) in [7, 11) is 0. The number of benzene rings is 1. The lowest BCUT2D eigenvalue weighted by Gasteiger charge is -2.38. The summed E-state index contributed by atoms with van der Waals surface area (Å²) >= 11 is 9.27. The Morgan fingerprint density at radius 3 is 2.89 bits per heavy atom.